The molecule has 1 aromatic carbocycles. The summed E-state index contributed by atoms with van der Waals surface area (Å²) in [5.74, 6) is 0.523. The molecule has 0 fully saturated rings. The Kier molecular flexibility index (Phi) is 4.37. The predicted molar refractivity (Wildman–Crippen MR) is 78.8 cm³/mol. The van der Waals surface area contributed by atoms with E-state index in [1.807, 2.05) is 37.4 Å². The van der Waals surface area contributed by atoms with Gasteiger partial charge in [0.05, 0.1) is 0 Å². The second-order valence-electron chi connectivity index (χ2n) is 4.68. The van der Waals surface area contributed by atoms with Crippen molar-refractivity contribution in [1.82, 2.24) is 10.3 Å². The Hall–Kier alpha value is -1.62. The first-order valence-corrected chi connectivity index (χ1v) is 7.97. The largest absolute Gasteiger partial charge is 0.361 e. The van der Waals surface area contributed by atoms with Gasteiger partial charge >= 0.3 is 0 Å². The Balaban J connectivity index is 2.07. The van der Waals surface area contributed by atoms with E-state index in [1.54, 1.807) is 6.26 Å². The molecule has 0 saturated carbocycles. The summed E-state index contributed by atoms with van der Waals surface area (Å²) >= 11 is 0. The molecular weight excluding hydrogens is 260 g/mol. The number of aromatic nitrogens is 1. The van der Waals surface area contributed by atoms with E-state index >= 15 is 0 Å². The second-order valence-corrected chi connectivity index (χ2v) is 6.24. The zero-order chi connectivity index (χ0) is 13.8. The summed E-state index contributed by atoms with van der Waals surface area (Å²) in [6.07, 6.45) is 4.22. The normalized spacial score (nSPS) is 14.2. The number of hydrogen-bond donors (Lipinski definition) is 2. The summed E-state index contributed by atoms with van der Waals surface area (Å²) in [7, 11) is -0.818. The van der Waals surface area contributed by atoms with E-state index in [0.717, 1.165) is 17.3 Å². The highest BCUT2D eigenvalue weighted by atomic mass is 32.2. The first-order valence-electron chi connectivity index (χ1n) is 6.25. The molecule has 1 heterocycles. The van der Waals surface area contributed by atoms with Crippen LogP contribution in [0.2, 0.25) is 0 Å². The maximum atomic E-state index is 12.2. The molecule has 0 aliphatic rings. The van der Waals surface area contributed by atoms with E-state index in [4.69, 9.17) is 0 Å². The Morgan fingerprint density at radius 2 is 2.21 bits per heavy atom. The van der Waals surface area contributed by atoms with Gasteiger partial charge in [0, 0.05) is 51.5 Å². The van der Waals surface area contributed by atoms with E-state index in [2.05, 4.69) is 10.3 Å². The number of H-pyrrole nitrogens is 1. The average Bonchev–Trinajstić information content (AvgIpc) is 2.84. The van der Waals surface area contributed by atoms with E-state index in [9.17, 15) is 9.00 Å². The van der Waals surface area contributed by atoms with Crippen LogP contribution in [-0.2, 0) is 10.8 Å². The third-order valence-corrected chi connectivity index (χ3v) is 3.87. The fourth-order valence-corrected chi connectivity index (χ4v) is 2.69. The van der Waals surface area contributed by atoms with Crippen LogP contribution in [0.25, 0.3) is 10.9 Å². The lowest BCUT2D eigenvalue weighted by Crippen LogP contribution is -2.33. The van der Waals surface area contributed by atoms with Gasteiger partial charge in [-0.05, 0) is 31.5 Å². The van der Waals surface area contributed by atoms with Gasteiger partial charge in [-0.25, -0.2) is 0 Å². The zero-order valence-electron chi connectivity index (χ0n) is 11.1. The second kappa shape index (κ2) is 6.02. The Morgan fingerprint density at radius 1 is 1.42 bits per heavy atom. The van der Waals surface area contributed by atoms with Crippen molar-refractivity contribution >= 4 is 27.6 Å². The number of amides is 1. The number of carbonyl (C=O) groups excluding carboxylic acids is 1. The van der Waals surface area contributed by atoms with Crippen LogP contribution < -0.4 is 5.32 Å². The van der Waals surface area contributed by atoms with Gasteiger partial charge in [-0.3, -0.25) is 9.00 Å². The molecular formula is C14H18N2O2S. The monoisotopic (exact) mass is 278 g/mol. The summed E-state index contributed by atoms with van der Waals surface area (Å²) in [6, 6.07) is 7.53. The highest BCUT2D eigenvalue weighted by Gasteiger charge is 2.13. The Labute approximate surface area is 115 Å². The standard InChI is InChI=1S/C14H18N2O2S/c1-10(7-9-19(2)18)16-14(17)12-4-3-5-13-11(12)6-8-15-13/h3-6,8,10,15H,7,9H2,1-2H3,(H,16,17). The van der Waals surface area contributed by atoms with Crippen molar-refractivity contribution in [1.29, 1.82) is 0 Å². The molecule has 0 aliphatic heterocycles. The summed E-state index contributed by atoms with van der Waals surface area (Å²) < 4.78 is 11.0. The molecule has 2 unspecified atom stereocenters. The summed E-state index contributed by atoms with van der Waals surface area (Å²) in [5.41, 5.74) is 1.62. The number of fused-ring (bicyclic) bond motifs is 1. The molecule has 0 saturated heterocycles. The smallest absolute Gasteiger partial charge is 0.252 e. The fourth-order valence-electron chi connectivity index (χ4n) is 2.00. The van der Waals surface area contributed by atoms with Crippen molar-refractivity contribution in [2.45, 2.75) is 19.4 Å². The number of aromatic amines is 1. The molecule has 0 spiro atoms. The van der Waals surface area contributed by atoms with E-state index in [1.165, 1.54) is 0 Å². The van der Waals surface area contributed by atoms with Crippen molar-refractivity contribution < 1.29 is 9.00 Å². The van der Waals surface area contributed by atoms with Gasteiger partial charge in [0.2, 0.25) is 0 Å². The van der Waals surface area contributed by atoms with Crippen LogP contribution in [0.5, 0.6) is 0 Å². The third kappa shape index (κ3) is 3.44. The SMILES string of the molecule is CC(CCS(C)=O)NC(=O)c1cccc2[nH]ccc12. The van der Waals surface area contributed by atoms with Crippen LogP contribution in [0, 0.1) is 0 Å². The number of rotatable bonds is 5. The van der Waals surface area contributed by atoms with Gasteiger partial charge in [0.25, 0.3) is 5.91 Å². The number of nitrogens with one attached hydrogen (secondary N) is 2. The first-order chi connectivity index (χ1) is 9.08. The van der Waals surface area contributed by atoms with Crippen LogP contribution in [0.4, 0.5) is 0 Å². The molecule has 19 heavy (non-hydrogen) atoms. The maximum Gasteiger partial charge on any atom is 0.252 e. The molecule has 2 aromatic rings. The summed E-state index contributed by atoms with van der Waals surface area (Å²) in [4.78, 5) is 15.3. The average molecular weight is 278 g/mol. The van der Waals surface area contributed by atoms with Gasteiger partial charge in [0.1, 0.15) is 0 Å². The van der Waals surface area contributed by atoms with Crippen LogP contribution in [0.3, 0.4) is 0 Å². The zero-order valence-corrected chi connectivity index (χ0v) is 11.9. The quantitative estimate of drug-likeness (QED) is 0.879. The molecule has 102 valence electrons. The van der Waals surface area contributed by atoms with Crippen molar-refractivity contribution in [2.24, 2.45) is 0 Å². The minimum Gasteiger partial charge on any atom is -0.361 e. The van der Waals surface area contributed by atoms with Gasteiger partial charge in [0.15, 0.2) is 0 Å². The molecule has 2 N–H and O–H groups in total. The lowest BCUT2D eigenvalue weighted by atomic mass is 10.1. The molecule has 1 amide bonds. The van der Waals surface area contributed by atoms with E-state index < -0.39 is 10.8 Å². The minimum absolute atomic E-state index is 0.0191. The molecule has 0 bridgehead atoms. The molecule has 1 aromatic heterocycles. The van der Waals surface area contributed by atoms with Gasteiger partial charge < -0.3 is 10.3 Å². The van der Waals surface area contributed by atoms with Crippen LogP contribution >= 0.6 is 0 Å². The summed E-state index contributed by atoms with van der Waals surface area (Å²) in [6.45, 7) is 1.93. The highest BCUT2D eigenvalue weighted by molar-refractivity contribution is 7.84. The molecule has 0 aliphatic carbocycles. The Bertz CT molecular complexity index is 606. The lowest BCUT2D eigenvalue weighted by Gasteiger charge is -2.13. The van der Waals surface area contributed by atoms with Crippen molar-refractivity contribution in [3.05, 3.63) is 36.0 Å². The van der Waals surface area contributed by atoms with E-state index in [0.29, 0.717) is 11.3 Å². The lowest BCUT2D eigenvalue weighted by molar-refractivity contribution is 0.0941. The van der Waals surface area contributed by atoms with Gasteiger partial charge in [-0.2, -0.15) is 0 Å². The third-order valence-electron chi connectivity index (χ3n) is 3.06. The van der Waals surface area contributed by atoms with E-state index in [-0.39, 0.29) is 11.9 Å². The Morgan fingerprint density at radius 3 is 2.95 bits per heavy atom. The van der Waals surface area contributed by atoms with Crippen molar-refractivity contribution in [3.8, 4) is 0 Å². The topological polar surface area (TPSA) is 62.0 Å². The number of benzene rings is 1. The first kappa shape index (κ1) is 13.8. The summed E-state index contributed by atoms with van der Waals surface area (Å²) in [5, 5.41) is 3.87. The van der Waals surface area contributed by atoms with Crippen molar-refractivity contribution in [2.75, 3.05) is 12.0 Å². The highest BCUT2D eigenvalue weighted by Crippen LogP contribution is 2.17. The maximum absolute atomic E-state index is 12.2. The fraction of sp³-hybridized carbons (Fsp3) is 0.357. The number of carbonyl (C=O) groups is 1. The van der Waals surface area contributed by atoms with Crippen LogP contribution in [-0.4, -0.2) is 33.2 Å². The predicted octanol–water partition coefficient (Wildman–Crippen LogP) is 2.05. The van der Waals surface area contributed by atoms with Crippen LogP contribution in [0.15, 0.2) is 30.5 Å². The molecule has 2 rings (SSSR count). The van der Waals surface area contributed by atoms with Gasteiger partial charge in [-0.15, -0.1) is 0 Å². The number of hydrogen-bond acceptors (Lipinski definition) is 2. The van der Waals surface area contributed by atoms with Crippen LogP contribution in [0.1, 0.15) is 23.7 Å². The van der Waals surface area contributed by atoms with Crippen molar-refractivity contribution in [3.63, 3.8) is 0 Å². The molecule has 0 radical (unpaired) electrons. The molecule has 4 nitrogen and oxygen atoms in total. The minimum atomic E-state index is -0.818. The molecule has 5 heteroatoms. The molecule has 2 atom stereocenters. The van der Waals surface area contributed by atoms with Gasteiger partial charge in [-0.1, -0.05) is 6.07 Å².